The lowest BCUT2D eigenvalue weighted by molar-refractivity contribution is 0.0941. The third kappa shape index (κ3) is 5.15. The van der Waals surface area contributed by atoms with E-state index in [4.69, 9.17) is 4.74 Å². The quantitative estimate of drug-likeness (QED) is 0.780. The number of rotatable bonds is 7. The highest BCUT2D eigenvalue weighted by atomic mass is 16.6. The lowest BCUT2D eigenvalue weighted by Crippen LogP contribution is -2.49. The average molecular weight is 383 g/mol. The highest BCUT2D eigenvalue weighted by molar-refractivity contribution is 5.69. The molecular formula is C22H30N4O2. The summed E-state index contributed by atoms with van der Waals surface area (Å²) in [5.41, 5.74) is 2.07. The number of nitrogens with zero attached hydrogens (tertiary/aromatic N) is 3. The summed E-state index contributed by atoms with van der Waals surface area (Å²) in [6.45, 7) is 7.45. The van der Waals surface area contributed by atoms with Crippen molar-refractivity contribution >= 4 is 17.6 Å². The molecule has 0 spiro atoms. The third-order valence-corrected chi connectivity index (χ3v) is 5.17. The smallest absolute Gasteiger partial charge is 0.410 e. The summed E-state index contributed by atoms with van der Waals surface area (Å²) < 4.78 is 5.45. The van der Waals surface area contributed by atoms with Crippen LogP contribution in [-0.4, -0.2) is 48.2 Å². The van der Waals surface area contributed by atoms with Gasteiger partial charge < -0.3 is 19.9 Å². The van der Waals surface area contributed by atoms with Gasteiger partial charge in [-0.2, -0.15) is 0 Å². The number of amides is 1. The molecule has 6 heteroatoms. The molecule has 1 aromatic carbocycles. The first-order chi connectivity index (χ1) is 13.7. The monoisotopic (exact) mass is 382 g/mol. The summed E-state index contributed by atoms with van der Waals surface area (Å²) in [4.78, 5) is 21.0. The van der Waals surface area contributed by atoms with Gasteiger partial charge in [-0.3, -0.25) is 0 Å². The Hall–Kier alpha value is -2.76. The summed E-state index contributed by atoms with van der Waals surface area (Å²) in [7, 11) is 0. The van der Waals surface area contributed by atoms with E-state index in [0.717, 1.165) is 43.0 Å². The van der Waals surface area contributed by atoms with Crippen LogP contribution in [-0.2, 0) is 11.3 Å². The number of piperazine rings is 1. The Balaban J connectivity index is 1.54. The molecule has 2 heterocycles. The molecule has 1 amide bonds. The number of pyridine rings is 1. The largest absolute Gasteiger partial charge is 0.445 e. The van der Waals surface area contributed by atoms with Gasteiger partial charge in [0.05, 0.1) is 5.69 Å². The number of hydrogen-bond donors (Lipinski definition) is 1. The Labute approximate surface area is 167 Å². The molecule has 1 saturated heterocycles. The second-order valence-electron chi connectivity index (χ2n) is 7.05. The van der Waals surface area contributed by atoms with E-state index < -0.39 is 0 Å². The van der Waals surface area contributed by atoms with E-state index in [9.17, 15) is 4.79 Å². The van der Waals surface area contributed by atoms with Crippen molar-refractivity contribution in [3.05, 3.63) is 54.2 Å². The molecule has 0 aliphatic carbocycles. The molecule has 1 aromatic heterocycles. The van der Waals surface area contributed by atoms with Crippen molar-refractivity contribution in [1.29, 1.82) is 0 Å². The zero-order chi connectivity index (χ0) is 19.8. The lowest BCUT2D eigenvalue weighted by Gasteiger charge is -2.36. The first kappa shape index (κ1) is 20.0. The van der Waals surface area contributed by atoms with E-state index in [1.807, 2.05) is 42.6 Å². The molecule has 28 heavy (non-hydrogen) atoms. The number of aromatic nitrogens is 1. The van der Waals surface area contributed by atoms with Gasteiger partial charge in [0.2, 0.25) is 0 Å². The van der Waals surface area contributed by atoms with Crippen molar-refractivity contribution in [1.82, 2.24) is 9.88 Å². The van der Waals surface area contributed by atoms with Crippen LogP contribution < -0.4 is 10.2 Å². The molecule has 0 atom stereocenters. The fraction of sp³-hybridized carbons (Fsp3) is 0.455. The second kappa shape index (κ2) is 9.97. The number of hydrogen-bond acceptors (Lipinski definition) is 5. The van der Waals surface area contributed by atoms with Crippen LogP contribution in [0.1, 0.15) is 32.3 Å². The van der Waals surface area contributed by atoms with Gasteiger partial charge in [-0.05, 0) is 30.5 Å². The molecule has 3 rings (SSSR count). The maximum absolute atomic E-state index is 12.4. The van der Waals surface area contributed by atoms with Crippen LogP contribution in [0.3, 0.4) is 0 Å². The number of carbonyl (C=O) groups is 1. The summed E-state index contributed by atoms with van der Waals surface area (Å²) in [5, 5.41) is 3.61. The van der Waals surface area contributed by atoms with Gasteiger partial charge in [0, 0.05) is 38.4 Å². The highest BCUT2D eigenvalue weighted by Gasteiger charge is 2.24. The first-order valence-electron chi connectivity index (χ1n) is 10.1. The van der Waals surface area contributed by atoms with Crippen LogP contribution in [0.2, 0.25) is 0 Å². The van der Waals surface area contributed by atoms with Crippen molar-refractivity contribution in [3.8, 4) is 0 Å². The number of benzene rings is 1. The average Bonchev–Trinajstić information content (AvgIpc) is 2.77. The van der Waals surface area contributed by atoms with E-state index >= 15 is 0 Å². The van der Waals surface area contributed by atoms with Crippen LogP contribution in [0.4, 0.5) is 16.3 Å². The predicted molar refractivity (Wildman–Crippen MR) is 113 cm³/mol. The van der Waals surface area contributed by atoms with Gasteiger partial charge in [-0.25, -0.2) is 9.78 Å². The van der Waals surface area contributed by atoms with Crippen LogP contribution in [0.25, 0.3) is 0 Å². The Morgan fingerprint density at radius 1 is 1.07 bits per heavy atom. The minimum absolute atomic E-state index is 0.250. The van der Waals surface area contributed by atoms with Crippen LogP contribution in [0.15, 0.2) is 48.7 Å². The van der Waals surface area contributed by atoms with Crippen molar-refractivity contribution < 1.29 is 9.53 Å². The van der Waals surface area contributed by atoms with E-state index in [1.165, 1.54) is 0 Å². The van der Waals surface area contributed by atoms with Crippen molar-refractivity contribution in [3.63, 3.8) is 0 Å². The fourth-order valence-electron chi connectivity index (χ4n) is 3.39. The lowest BCUT2D eigenvalue weighted by atomic mass is 10.1. The molecule has 0 unspecified atom stereocenters. The first-order valence-corrected chi connectivity index (χ1v) is 10.1. The summed E-state index contributed by atoms with van der Waals surface area (Å²) in [6.07, 6.45) is 3.73. The van der Waals surface area contributed by atoms with E-state index in [0.29, 0.717) is 25.7 Å². The van der Waals surface area contributed by atoms with Crippen molar-refractivity contribution in [2.24, 2.45) is 0 Å². The Morgan fingerprint density at radius 2 is 1.79 bits per heavy atom. The summed E-state index contributed by atoms with van der Waals surface area (Å²) >= 11 is 0. The van der Waals surface area contributed by atoms with Crippen molar-refractivity contribution in [2.75, 3.05) is 36.4 Å². The third-order valence-electron chi connectivity index (χ3n) is 5.17. The molecule has 150 valence electrons. The molecule has 6 nitrogen and oxygen atoms in total. The fourth-order valence-corrected chi connectivity index (χ4v) is 3.39. The molecule has 1 fully saturated rings. The number of ether oxygens (including phenoxy) is 1. The van der Waals surface area contributed by atoms with Crippen LogP contribution >= 0.6 is 0 Å². The SMILES string of the molecule is CCC(CC)Nc1cccnc1N1CCN(C(=O)OCc2ccccc2)CC1. The molecule has 0 saturated carbocycles. The van der Waals surface area contributed by atoms with Gasteiger partial charge >= 0.3 is 6.09 Å². The summed E-state index contributed by atoms with van der Waals surface area (Å²) in [6, 6.07) is 14.3. The van der Waals surface area contributed by atoms with Gasteiger partial charge in [0.1, 0.15) is 6.61 Å². The Morgan fingerprint density at radius 3 is 2.46 bits per heavy atom. The topological polar surface area (TPSA) is 57.7 Å². The van der Waals surface area contributed by atoms with Crippen molar-refractivity contribution in [2.45, 2.75) is 39.3 Å². The van der Waals surface area contributed by atoms with Crippen LogP contribution in [0.5, 0.6) is 0 Å². The maximum Gasteiger partial charge on any atom is 0.410 e. The molecule has 1 aliphatic rings. The second-order valence-corrected chi connectivity index (χ2v) is 7.05. The molecule has 0 radical (unpaired) electrons. The molecule has 1 aliphatic heterocycles. The molecule has 2 aromatic rings. The zero-order valence-corrected chi connectivity index (χ0v) is 16.8. The number of anilines is 2. The molecular weight excluding hydrogens is 352 g/mol. The van der Waals surface area contributed by atoms with Crippen LogP contribution in [0, 0.1) is 0 Å². The van der Waals surface area contributed by atoms with Gasteiger partial charge in [-0.1, -0.05) is 44.2 Å². The zero-order valence-electron chi connectivity index (χ0n) is 16.8. The predicted octanol–water partition coefficient (Wildman–Crippen LogP) is 4.14. The minimum Gasteiger partial charge on any atom is -0.445 e. The van der Waals surface area contributed by atoms with Gasteiger partial charge in [0.25, 0.3) is 0 Å². The molecule has 0 bridgehead atoms. The summed E-state index contributed by atoms with van der Waals surface area (Å²) in [5.74, 6) is 0.965. The minimum atomic E-state index is -0.250. The number of carbonyl (C=O) groups excluding carboxylic acids is 1. The van der Waals surface area contributed by atoms with E-state index in [2.05, 4.69) is 35.1 Å². The van der Waals surface area contributed by atoms with E-state index in [-0.39, 0.29) is 6.09 Å². The Kier molecular flexibility index (Phi) is 7.12. The standard InChI is InChI=1S/C22H30N4O2/c1-3-19(4-2)24-20-11-8-12-23-21(20)25-13-15-26(16-14-25)22(27)28-17-18-9-6-5-7-10-18/h5-12,19,24H,3-4,13-17H2,1-2H3. The van der Waals surface area contributed by atoms with E-state index in [1.54, 1.807) is 4.90 Å². The Bertz CT molecular complexity index is 741. The van der Waals surface area contributed by atoms with Gasteiger partial charge in [0.15, 0.2) is 5.82 Å². The maximum atomic E-state index is 12.4. The normalized spacial score (nSPS) is 14.2. The number of nitrogens with one attached hydrogen (secondary N) is 1. The highest BCUT2D eigenvalue weighted by Crippen LogP contribution is 2.25. The van der Waals surface area contributed by atoms with Gasteiger partial charge in [-0.15, -0.1) is 0 Å². The molecule has 1 N–H and O–H groups in total.